The Bertz CT molecular complexity index is 786. The summed E-state index contributed by atoms with van der Waals surface area (Å²) in [5.41, 5.74) is 0.391. The predicted octanol–water partition coefficient (Wildman–Crippen LogP) is 3.91. The molecule has 0 saturated carbocycles. The maximum Gasteiger partial charge on any atom is 0.416 e. The summed E-state index contributed by atoms with van der Waals surface area (Å²) in [5, 5.41) is 2.59. The molecule has 0 spiro atoms. The molecular weight excluding hydrogens is 337 g/mol. The van der Waals surface area contributed by atoms with E-state index in [9.17, 15) is 22.8 Å². The molecule has 2 aromatic carbocycles. The summed E-state index contributed by atoms with van der Waals surface area (Å²) in [5.74, 6) is -0.526. The van der Waals surface area contributed by atoms with Gasteiger partial charge in [0.05, 0.1) is 12.1 Å². The van der Waals surface area contributed by atoms with Crippen molar-refractivity contribution in [2.24, 2.45) is 0 Å². The minimum atomic E-state index is -4.44. The second kappa shape index (κ2) is 6.46. The van der Waals surface area contributed by atoms with Crippen LogP contribution in [0.2, 0.25) is 0 Å². The maximum absolute atomic E-state index is 12.5. The highest BCUT2D eigenvalue weighted by Gasteiger charge is 2.30. The molecular formula is C17H13F3N2O3. The van der Waals surface area contributed by atoms with Gasteiger partial charge < -0.3 is 10.1 Å². The number of halogens is 3. The van der Waals surface area contributed by atoms with Crippen LogP contribution in [0.4, 0.5) is 29.3 Å². The fourth-order valence-electron chi connectivity index (χ4n) is 2.37. The topological polar surface area (TPSA) is 58.6 Å². The molecule has 1 aliphatic rings. The third-order valence-corrected chi connectivity index (χ3v) is 3.67. The van der Waals surface area contributed by atoms with Crippen molar-refractivity contribution in [1.29, 1.82) is 0 Å². The van der Waals surface area contributed by atoms with Gasteiger partial charge in [0.1, 0.15) is 6.61 Å². The average molecular weight is 350 g/mol. The number of carbonyl (C=O) groups excluding carboxylic acids is 2. The number of nitrogens with one attached hydrogen (secondary N) is 1. The first-order valence-corrected chi connectivity index (χ1v) is 7.37. The molecule has 0 radical (unpaired) electrons. The Hall–Kier alpha value is -3.03. The van der Waals surface area contributed by atoms with Gasteiger partial charge in [-0.2, -0.15) is 13.2 Å². The third kappa shape index (κ3) is 3.73. The zero-order valence-electron chi connectivity index (χ0n) is 12.8. The number of rotatable bonds is 3. The lowest BCUT2D eigenvalue weighted by Gasteiger charge is -2.13. The minimum absolute atomic E-state index is 0.111. The quantitative estimate of drug-likeness (QED) is 0.913. The first kappa shape index (κ1) is 16.8. The molecule has 0 bridgehead atoms. The summed E-state index contributed by atoms with van der Waals surface area (Å²) in [7, 11) is 0. The lowest BCUT2D eigenvalue weighted by Crippen LogP contribution is -2.23. The van der Waals surface area contributed by atoms with Crippen LogP contribution in [0.1, 0.15) is 15.9 Å². The Labute approximate surface area is 141 Å². The van der Waals surface area contributed by atoms with Crippen LogP contribution in [0.5, 0.6) is 0 Å². The Morgan fingerprint density at radius 3 is 2.20 bits per heavy atom. The number of anilines is 2. The van der Waals surface area contributed by atoms with Crippen LogP contribution in [0, 0.1) is 0 Å². The van der Waals surface area contributed by atoms with Crippen molar-refractivity contribution in [3.05, 3.63) is 59.7 Å². The molecule has 1 saturated heterocycles. The molecule has 2 aromatic rings. The first-order valence-electron chi connectivity index (χ1n) is 7.37. The smallest absolute Gasteiger partial charge is 0.416 e. The largest absolute Gasteiger partial charge is 0.447 e. The summed E-state index contributed by atoms with van der Waals surface area (Å²) < 4.78 is 42.4. The van der Waals surface area contributed by atoms with Gasteiger partial charge in [-0.1, -0.05) is 0 Å². The number of cyclic esters (lactones) is 1. The molecule has 0 aromatic heterocycles. The summed E-state index contributed by atoms with van der Waals surface area (Å²) in [6.07, 6.45) is -4.87. The van der Waals surface area contributed by atoms with Crippen molar-refractivity contribution in [1.82, 2.24) is 0 Å². The van der Waals surface area contributed by atoms with Gasteiger partial charge in [-0.05, 0) is 48.5 Å². The number of amides is 2. The van der Waals surface area contributed by atoms with Crippen LogP contribution in [-0.2, 0) is 10.9 Å². The van der Waals surface area contributed by atoms with E-state index in [2.05, 4.69) is 5.32 Å². The Kier molecular flexibility index (Phi) is 4.35. The standard InChI is InChI=1S/C17H13F3N2O3/c18-17(19,20)12-3-1-11(2-4-12)15(23)21-13-5-7-14(8-6-13)22-9-10-25-16(22)24/h1-8H,9-10H2,(H,21,23). The van der Waals surface area contributed by atoms with Gasteiger partial charge in [0.15, 0.2) is 0 Å². The number of carbonyl (C=O) groups is 2. The van der Waals surface area contributed by atoms with Crippen LogP contribution in [0.3, 0.4) is 0 Å². The summed E-state index contributed by atoms with van der Waals surface area (Å²) in [6.45, 7) is 0.779. The second-order valence-electron chi connectivity index (χ2n) is 5.34. The third-order valence-electron chi connectivity index (χ3n) is 3.67. The lowest BCUT2D eigenvalue weighted by atomic mass is 10.1. The van der Waals surface area contributed by atoms with E-state index < -0.39 is 23.7 Å². The van der Waals surface area contributed by atoms with Crippen LogP contribution in [0.15, 0.2) is 48.5 Å². The van der Waals surface area contributed by atoms with E-state index >= 15 is 0 Å². The van der Waals surface area contributed by atoms with Gasteiger partial charge in [0, 0.05) is 16.9 Å². The fourth-order valence-corrected chi connectivity index (χ4v) is 2.37. The number of hydrogen-bond donors (Lipinski definition) is 1. The van der Waals surface area contributed by atoms with Gasteiger partial charge in [0.2, 0.25) is 0 Å². The molecule has 8 heteroatoms. The van der Waals surface area contributed by atoms with Crippen molar-refractivity contribution >= 4 is 23.4 Å². The lowest BCUT2D eigenvalue weighted by molar-refractivity contribution is -0.137. The van der Waals surface area contributed by atoms with Crippen molar-refractivity contribution < 1.29 is 27.5 Å². The number of alkyl halides is 3. The SMILES string of the molecule is O=C(Nc1ccc(N2CCOC2=O)cc1)c1ccc(C(F)(F)F)cc1. The highest BCUT2D eigenvalue weighted by Crippen LogP contribution is 2.29. The van der Waals surface area contributed by atoms with E-state index in [0.29, 0.717) is 24.5 Å². The molecule has 1 fully saturated rings. The van der Waals surface area contributed by atoms with E-state index in [-0.39, 0.29) is 5.56 Å². The van der Waals surface area contributed by atoms with Crippen LogP contribution in [-0.4, -0.2) is 25.2 Å². The van der Waals surface area contributed by atoms with E-state index in [1.165, 1.54) is 4.90 Å². The van der Waals surface area contributed by atoms with Gasteiger partial charge in [-0.3, -0.25) is 9.69 Å². The maximum atomic E-state index is 12.5. The Morgan fingerprint density at radius 1 is 1.04 bits per heavy atom. The molecule has 130 valence electrons. The molecule has 1 heterocycles. The van der Waals surface area contributed by atoms with Gasteiger partial charge in [-0.15, -0.1) is 0 Å². The van der Waals surface area contributed by atoms with Gasteiger partial charge in [0.25, 0.3) is 5.91 Å². The molecule has 5 nitrogen and oxygen atoms in total. The Balaban J connectivity index is 1.67. The number of benzene rings is 2. The minimum Gasteiger partial charge on any atom is -0.447 e. The van der Waals surface area contributed by atoms with Crippen LogP contribution in [0.25, 0.3) is 0 Å². The highest BCUT2D eigenvalue weighted by molar-refractivity contribution is 6.04. The summed E-state index contributed by atoms with van der Waals surface area (Å²) in [6, 6.07) is 10.4. The van der Waals surface area contributed by atoms with Crippen molar-refractivity contribution in [2.45, 2.75) is 6.18 Å². The van der Waals surface area contributed by atoms with Crippen molar-refractivity contribution in [2.75, 3.05) is 23.4 Å². The molecule has 3 rings (SSSR count). The van der Waals surface area contributed by atoms with E-state index in [4.69, 9.17) is 4.74 Å². The number of nitrogens with zero attached hydrogens (tertiary/aromatic N) is 1. The highest BCUT2D eigenvalue weighted by atomic mass is 19.4. The number of hydrogen-bond acceptors (Lipinski definition) is 3. The molecule has 1 N–H and O–H groups in total. The summed E-state index contributed by atoms with van der Waals surface area (Å²) >= 11 is 0. The van der Waals surface area contributed by atoms with E-state index in [1.807, 2.05) is 0 Å². The molecule has 2 amide bonds. The monoisotopic (exact) mass is 350 g/mol. The molecule has 25 heavy (non-hydrogen) atoms. The fraction of sp³-hybridized carbons (Fsp3) is 0.176. The zero-order chi connectivity index (χ0) is 18.0. The van der Waals surface area contributed by atoms with E-state index in [1.54, 1.807) is 24.3 Å². The normalized spacial score (nSPS) is 14.4. The van der Waals surface area contributed by atoms with Gasteiger partial charge >= 0.3 is 12.3 Å². The molecule has 0 unspecified atom stereocenters. The molecule has 0 aliphatic carbocycles. The van der Waals surface area contributed by atoms with Crippen molar-refractivity contribution in [3.8, 4) is 0 Å². The van der Waals surface area contributed by atoms with E-state index in [0.717, 1.165) is 24.3 Å². The first-order chi connectivity index (χ1) is 11.8. The molecule has 1 aliphatic heterocycles. The Morgan fingerprint density at radius 2 is 1.68 bits per heavy atom. The van der Waals surface area contributed by atoms with Crippen molar-refractivity contribution in [3.63, 3.8) is 0 Å². The van der Waals surface area contributed by atoms with Crippen LogP contribution >= 0.6 is 0 Å². The average Bonchev–Trinajstić information content (AvgIpc) is 3.01. The summed E-state index contributed by atoms with van der Waals surface area (Å²) in [4.78, 5) is 25.0. The zero-order valence-corrected chi connectivity index (χ0v) is 12.8. The van der Waals surface area contributed by atoms with Gasteiger partial charge in [-0.25, -0.2) is 4.79 Å². The second-order valence-corrected chi connectivity index (χ2v) is 5.34. The number of ether oxygens (including phenoxy) is 1. The molecule has 0 atom stereocenters. The van der Waals surface area contributed by atoms with Crippen LogP contribution < -0.4 is 10.2 Å². The predicted molar refractivity (Wildman–Crippen MR) is 84.5 cm³/mol.